The minimum absolute atomic E-state index is 0.0127. The van der Waals surface area contributed by atoms with E-state index < -0.39 is 35.1 Å². The smallest absolute Gasteiger partial charge is 0.270 e. The summed E-state index contributed by atoms with van der Waals surface area (Å²) in [6.07, 6.45) is 0. The number of benzene rings is 3. The highest BCUT2D eigenvalue weighted by Crippen LogP contribution is 2.27. The molecule has 3 aromatic rings. The standard InChI is InChI=1S/C24H18N4O6/c1-14-5-4-6-15(11-14)25-22(30)18-7-2-3-8-20(18)26-21(29)13-27-23(31)17-10-9-16(28(33)34)12-19(17)24(27)32/h2-12H,13H2,1H3,(H,25,30)(H,26,29). The fourth-order valence-electron chi connectivity index (χ4n) is 3.58. The van der Waals surface area contributed by atoms with Gasteiger partial charge in [-0.25, -0.2) is 0 Å². The van der Waals surface area contributed by atoms with E-state index in [1.165, 1.54) is 18.2 Å². The van der Waals surface area contributed by atoms with Crippen LogP contribution in [-0.4, -0.2) is 40.0 Å². The quantitative estimate of drug-likeness (QED) is 0.330. The first-order chi connectivity index (χ1) is 16.2. The highest BCUT2D eigenvalue weighted by atomic mass is 16.6. The number of carbonyl (C=O) groups is 4. The van der Waals surface area contributed by atoms with Gasteiger partial charge in [0.05, 0.1) is 27.3 Å². The Hall–Kier alpha value is -4.86. The second-order valence-electron chi connectivity index (χ2n) is 7.60. The van der Waals surface area contributed by atoms with Crippen molar-refractivity contribution in [3.8, 4) is 0 Å². The van der Waals surface area contributed by atoms with Gasteiger partial charge in [0.1, 0.15) is 6.54 Å². The third kappa shape index (κ3) is 4.37. The van der Waals surface area contributed by atoms with E-state index in [2.05, 4.69) is 10.6 Å². The highest BCUT2D eigenvalue weighted by molar-refractivity contribution is 6.23. The summed E-state index contributed by atoms with van der Waals surface area (Å²) in [4.78, 5) is 61.6. The molecule has 1 aliphatic rings. The number of hydrogen-bond acceptors (Lipinski definition) is 6. The summed E-state index contributed by atoms with van der Waals surface area (Å²) in [6.45, 7) is 1.27. The summed E-state index contributed by atoms with van der Waals surface area (Å²) in [5.74, 6) is -2.69. The molecule has 1 aliphatic heterocycles. The lowest BCUT2D eigenvalue weighted by Crippen LogP contribution is -2.37. The van der Waals surface area contributed by atoms with Crippen LogP contribution >= 0.6 is 0 Å². The molecule has 10 nitrogen and oxygen atoms in total. The normalized spacial score (nSPS) is 12.3. The molecule has 2 N–H and O–H groups in total. The predicted molar refractivity (Wildman–Crippen MR) is 123 cm³/mol. The molecule has 1 heterocycles. The van der Waals surface area contributed by atoms with Crippen LogP contribution in [0.1, 0.15) is 36.6 Å². The van der Waals surface area contributed by atoms with Gasteiger partial charge in [-0.3, -0.25) is 34.2 Å². The number of anilines is 2. The van der Waals surface area contributed by atoms with Crippen LogP contribution in [0.25, 0.3) is 0 Å². The first kappa shape index (κ1) is 22.3. The van der Waals surface area contributed by atoms with Crippen molar-refractivity contribution in [2.45, 2.75) is 6.92 Å². The van der Waals surface area contributed by atoms with Crippen molar-refractivity contribution < 1.29 is 24.1 Å². The zero-order valence-electron chi connectivity index (χ0n) is 17.9. The number of para-hydroxylation sites is 1. The minimum atomic E-state index is -0.802. The van der Waals surface area contributed by atoms with E-state index >= 15 is 0 Å². The van der Waals surface area contributed by atoms with Crippen LogP contribution in [0.3, 0.4) is 0 Å². The number of hydrogen-bond donors (Lipinski definition) is 2. The third-order valence-corrected chi connectivity index (χ3v) is 5.19. The van der Waals surface area contributed by atoms with E-state index in [1.54, 1.807) is 30.3 Å². The van der Waals surface area contributed by atoms with Crippen LogP contribution in [-0.2, 0) is 4.79 Å². The van der Waals surface area contributed by atoms with Crippen LogP contribution in [0, 0.1) is 17.0 Å². The molecular formula is C24H18N4O6. The molecule has 3 aromatic carbocycles. The molecule has 10 heteroatoms. The zero-order chi connectivity index (χ0) is 24.4. The predicted octanol–water partition coefficient (Wildman–Crippen LogP) is 3.39. The van der Waals surface area contributed by atoms with E-state index in [0.717, 1.165) is 17.7 Å². The lowest BCUT2D eigenvalue weighted by molar-refractivity contribution is -0.384. The molecule has 0 saturated carbocycles. The summed E-state index contributed by atoms with van der Waals surface area (Å²) >= 11 is 0. The third-order valence-electron chi connectivity index (χ3n) is 5.19. The number of nitro benzene ring substituents is 1. The SMILES string of the molecule is Cc1cccc(NC(=O)c2ccccc2NC(=O)CN2C(=O)c3ccc([N+](=O)[O-])cc3C2=O)c1. The first-order valence-electron chi connectivity index (χ1n) is 10.2. The van der Waals surface area contributed by atoms with E-state index in [9.17, 15) is 29.3 Å². The maximum absolute atomic E-state index is 12.8. The Morgan fingerprint density at radius 2 is 1.65 bits per heavy atom. The van der Waals surface area contributed by atoms with Crippen molar-refractivity contribution >= 4 is 40.7 Å². The molecule has 34 heavy (non-hydrogen) atoms. The molecule has 0 aromatic heterocycles. The van der Waals surface area contributed by atoms with Gasteiger partial charge < -0.3 is 10.6 Å². The largest absolute Gasteiger partial charge is 0.324 e. The van der Waals surface area contributed by atoms with Crippen molar-refractivity contribution in [1.29, 1.82) is 0 Å². The average Bonchev–Trinajstić information content (AvgIpc) is 3.03. The average molecular weight is 458 g/mol. The van der Waals surface area contributed by atoms with Crippen molar-refractivity contribution in [2.24, 2.45) is 0 Å². The van der Waals surface area contributed by atoms with Crippen molar-refractivity contribution in [2.75, 3.05) is 17.2 Å². The van der Waals surface area contributed by atoms with E-state index in [-0.39, 0.29) is 28.1 Å². The lowest BCUT2D eigenvalue weighted by Gasteiger charge is -2.15. The summed E-state index contributed by atoms with van der Waals surface area (Å²) in [7, 11) is 0. The molecule has 0 radical (unpaired) electrons. The molecule has 0 atom stereocenters. The highest BCUT2D eigenvalue weighted by Gasteiger charge is 2.37. The molecular weight excluding hydrogens is 440 g/mol. The number of fused-ring (bicyclic) bond motifs is 1. The molecule has 4 rings (SSSR count). The van der Waals surface area contributed by atoms with Gasteiger partial charge in [-0.1, -0.05) is 24.3 Å². The van der Waals surface area contributed by atoms with E-state index in [0.29, 0.717) is 10.6 Å². The van der Waals surface area contributed by atoms with Crippen molar-refractivity contribution in [1.82, 2.24) is 4.90 Å². The summed E-state index contributed by atoms with van der Waals surface area (Å²) < 4.78 is 0. The molecule has 0 spiro atoms. The monoisotopic (exact) mass is 458 g/mol. The Morgan fingerprint density at radius 1 is 0.912 bits per heavy atom. The molecule has 0 unspecified atom stereocenters. The van der Waals surface area contributed by atoms with Crippen LogP contribution < -0.4 is 10.6 Å². The van der Waals surface area contributed by atoms with Gasteiger partial charge in [-0.15, -0.1) is 0 Å². The Bertz CT molecular complexity index is 1370. The van der Waals surface area contributed by atoms with Crippen molar-refractivity contribution in [3.05, 3.63) is 99.1 Å². The summed E-state index contributed by atoms with van der Waals surface area (Å²) in [5, 5.41) is 16.3. The number of rotatable bonds is 6. The summed E-state index contributed by atoms with van der Waals surface area (Å²) in [5.41, 5.74) is 1.46. The second kappa shape index (κ2) is 8.94. The van der Waals surface area contributed by atoms with Gasteiger partial charge in [-0.05, 0) is 42.8 Å². The fraction of sp³-hybridized carbons (Fsp3) is 0.0833. The number of amides is 4. The topological polar surface area (TPSA) is 139 Å². The van der Waals surface area contributed by atoms with Crippen LogP contribution in [0.15, 0.2) is 66.7 Å². The zero-order valence-corrected chi connectivity index (χ0v) is 17.9. The summed E-state index contributed by atoms with van der Waals surface area (Å²) in [6, 6.07) is 16.9. The number of nitrogens with zero attached hydrogens (tertiary/aromatic N) is 2. The Balaban J connectivity index is 1.49. The Morgan fingerprint density at radius 3 is 2.38 bits per heavy atom. The molecule has 170 valence electrons. The van der Waals surface area contributed by atoms with Crippen LogP contribution in [0.2, 0.25) is 0 Å². The van der Waals surface area contributed by atoms with Gasteiger partial charge in [-0.2, -0.15) is 0 Å². The van der Waals surface area contributed by atoms with E-state index in [4.69, 9.17) is 0 Å². The second-order valence-corrected chi connectivity index (χ2v) is 7.60. The number of non-ortho nitro benzene ring substituents is 1. The van der Waals surface area contributed by atoms with E-state index in [1.807, 2.05) is 13.0 Å². The van der Waals surface area contributed by atoms with Crippen LogP contribution in [0.5, 0.6) is 0 Å². The number of nitro groups is 1. The fourth-order valence-corrected chi connectivity index (χ4v) is 3.58. The van der Waals surface area contributed by atoms with Gasteiger partial charge in [0.15, 0.2) is 0 Å². The maximum atomic E-state index is 12.8. The molecule has 0 saturated heterocycles. The van der Waals surface area contributed by atoms with Gasteiger partial charge >= 0.3 is 0 Å². The van der Waals surface area contributed by atoms with Crippen LogP contribution in [0.4, 0.5) is 17.1 Å². The molecule has 0 fully saturated rings. The maximum Gasteiger partial charge on any atom is 0.270 e. The molecule has 4 amide bonds. The van der Waals surface area contributed by atoms with Gasteiger partial charge in [0, 0.05) is 17.8 Å². The van der Waals surface area contributed by atoms with Crippen molar-refractivity contribution in [3.63, 3.8) is 0 Å². The number of aryl methyl sites for hydroxylation is 1. The number of imide groups is 1. The Labute approximate surface area is 193 Å². The Kier molecular flexibility index (Phi) is 5.88. The number of nitrogens with one attached hydrogen (secondary N) is 2. The molecule has 0 aliphatic carbocycles. The van der Waals surface area contributed by atoms with Gasteiger partial charge in [0.25, 0.3) is 23.4 Å². The van der Waals surface area contributed by atoms with Gasteiger partial charge in [0.2, 0.25) is 5.91 Å². The lowest BCUT2D eigenvalue weighted by atomic mass is 10.1. The first-order valence-corrected chi connectivity index (χ1v) is 10.2. The molecule has 0 bridgehead atoms. The number of carbonyl (C=O) groups excluding carboxylic acids is 4. The minimum Gasteiger partial charge on any atom is -0.324 e.